The topological polar surface area (TPSA) is 92.7 Å². The van der Waals surface area contributed by atoms with Crippen molar-refractivity contribution in [2.45, 2.75) is 23.8 Å². The first-order valence-corrected chi connectivity index (χ1v) is 8.07. The van der Waals surface area contributed by atoms with E-state index in [1.807, 2.05) is 0 Å². The third-order valence-electron chi connectivity index (χ3n) is 3.15. The van der Waals surface area contributed by atoms with E-state index in [1.54, 1.807) is 12.1 Å². The van der Waals surface area contributed by atoms with Gasteiger partial charge in [0.1, 0.15) is 0 Å². The first kappa shape index (κ1) is 15.7. The standard InChI is InChI=1S/C14H17NO5S/c16-14(17)6-3-11-1-4-13(5-2-11)21(18,19)15-12-7-9-20-10-8-12/h1-6,12,15H,7-10H2,(H,16,17)/b6-3+. The van der Waals surface area contributed by atoms with Gasteiger partial charge in [0, 0.05) is 25.3 Å². The van der Waals surface area contributed by atoms with Crippen LogP contribution in [0.5, 0.6) is 0 Å². The maximum Gasteiger partial charge on any atom is 0.328 e. The summed E-state index contributed by atoms with van der Waals surface area (Å²) < 4.78 is 32.3. The van der Waals surface area contributed by atoms with Crippen LogP contribution in [-0.4, -0.2) is 38.7 Å². The molecule has 0 bridgehead atoms. The quantitative estimate of drug-likeness (QED) is 0.798. The van der Waals surface area contributed by atoms with Gasteiger partial charge >= 0.3 is 5.97 Å². The van der Waals surface area contributed by atoms with E-state index in [2.05, 4.69) is 4.72 Å². The summed E-state index contributed by atoms with van der Waals surface area (Å²) in [6.45, 7) is 1.12. The number of benzene rings is 1. The fourth-order valence-corrected chi connectivity index (χ4v) is 3.33. The maximum atomic E-state index is 12.2. The maximum absolute atomic E-state index is 12.2. The number of ether oxygens (including phenoxy) is 1. The summed E-state index contributed by atoms with van der Waals surface area (Å²) in [4.78, 5) is 10.6. The lowest BCUT2D eigenvalue weighted by atomic mass is 10.1. The minimum absolute atomic E-state index is 0.102. The molecule has 0 spiro atoms. The lowest BCUT2D eigenvalue weighted by Crippen LogP contribution is -2.38. The Morgan fingerprint density at radius 1 is 1.24 bits per heavy atom. The predicted octanol–water partition coefficient (Wildman–Crippen LogP) is 1.24. The molecular formula is C14H17NO5S. The third kappa shape index (κ3) is 4.66. The Balaban J connectivity index is 2.07. The van der Waals surface area contributed by atoms with Gasteiger partial charge in [-0.2, -0.15) is 0 Å². The number of sulfonamides is 1. The van der Waals surface area contributed by atoms with Crippen molar-refractivity contribution >= 4 is 22.1 Å². The van der Waals surface area contributed by atoms with Crippen LogP contribution in [-0.2, 0) is 19.6 Å². The molecule has 1 aliphatic heterocycles. The molecular weight excluding hydrogens is 294 g/mol. The van der Waals surface area contributed by atoms with Gasteiger partial charge in [-0.05, 0) is 36.6 Å². The van der Waals surface area contributed by atoms with Crippen LogP contribution >= 0.6 is 0 Å². The molecule has 1 aromatic rings. The van der Waals surface area contributed by atoms with Crippen LogP contribution in [0.3, 0.4) is 0 Å². The Morgan fingerprint density at radius 3 is 2.43 bits per heavy atom. The van der Waals surface area contributed by atoms with Crippen molar-refractivity contribution in [1.29, 1.82) is 0 Å². The average molecular weight is 311 g/mol. The molecule has 7 heteroatoms. The Kier molecular flexibility index (Phi) is 5.11. The van der Waals surface area contributed by atoms with Crippen molar-refractivity contribution in [3.63, 3.8) is 0 Å². The van der Waals surface area contributed by atoms with Gasteiger partial charge in [0.15, 0.2) is 0 Å². The molecule has 1 saturated heterocycles. The van der Waals surface area contributed by atoms with Crippen LogP contribution < -0.4 is 4.72 Å². The molecule has 0 atom stereocenters. The van der Waals surface area contributed by atoms with Gasteiger partial charge in [-0.25, -0.2) is 17.9 Å². The summed E-state index contributed by atoms with van der Waals surface area (Å²) in [7, 11) is -3.55. The largest absolute Gasteiger partial charge is 0.478 e. The van der Waals surface area contributed by atoms with Crippen LogP contribution in [0, 0.1) is 0 Å². The number of rotatable bonds is 5. The minimum Gasteiger partial charge on any atom is -0.478 e. The molecule has 0 saturated carbocycles. The van der Waals surface area contributed by atoms with Crippen LogP contribution in [0.1, 0.15) is 18.4 Å². The lowest BCUT2D eigenvalue weighted by molar-refractivity contribution is -0.131. The molecule has 0 aromatic heterocycles. The van der Waals surface area contributed by atoms with Crippen molar-refractivity contribution in [2.75, 3.05) is 13.2 Å². The first-order valence-electron chi connectivity index (χ1n) is 6.58. The molecule has 2 rings (SSSR count). The van der Waals surface area contributed by atoms with Gasteiger partial charge in [0.2, 0.25) is 10.0 Å². The minimum atomic E-state index is -3.55. The molecule has 21 heavy (non-hydrogen) atoms. The van der Waals surface area contributed by atoms with Gasteiger partial charge in [-0.15, -0.1) is 0 Å². The van der Waals surface area contributed by atoms with E-state index in [9.17, 15) is 13.2 Å². The molecule has 114 valence electrons. The molecule has 0 radical (unpaired) electrons. The second-order valence-corrected chi connectivity index (χ2v) is 6.46. The highest BCUT2D eigenvalue weighted by molar-refractivity contribution is 7.89. The molecule has 2 N–H and O–H groups in total. The Bertz CT molecular complexity index is 615. The number of nitrogens with one attached hydrogen (secondary N) is 1. The fourth-order valence-electron chi connectivity index (χ4n) is 2.03. The summed E-state index contributed by atoms with van der Waals surface area (Å²) >= 11 is 0. The zero-order valence-electron chi connectivity index (χ0n) is 11.4. The predicted molar refractivity (Wildman–Crippen MR) is 77.3 cm³/mol. The van der Waals surface area contributed by atoms with Crippen LogP contribution in [0.15, 0.2) is 35.2 Å². The second-order valence-electron chi connectivity index (χ2n) is 4.75. The van der Waals surface area contributed by atoms with E-state index >= 15 is 0 Å². The summed E-state index contributed by atoms with van der Waals surface area (Å²) in [5.74, 6) is -1.05. The summed E-state index contributed by atoms with van der Waals surface area (Å²) in [5, 5.41) is 8.54. The molecule has 1 aliphatic rings. The highest BCUT2D eigenvalue weighted by Crippen LogP contribution is 2.15. The summed E-state index contributed by atoms with van der Waals surface area (Å²) in [6.07, 6.45) is 3.74. The normalized spacial score (nSPS) is 17.1. The number of carboxylic acid groups (broad SMARTS) is 1. The van der Waals surface area contributed by atoms with Crippen molar-refractivity contribution in [3.8, 4) is 0 Å². The lowest BCUT2D eigenvalue weighted by Gasteiger charge is -2.22. The Morgan fingerprint density at radius 2 is 1.86 bits per heavy atom. The molecule has 0 aliphatic carbocycles. The summed E-state index contributed by atoms with van der Waals surface area (Å²) in [5.41, 5.74) is 0.627. The van der Waals surface area contributed by atoms with Crippen LogP contribution in [0.25, 0.3) is 6.08 Å². The van der Waals surface area contributed by atoms with Gasteiger partial charge in [0.05, 0.1) is 4.90 Å². The second kappa shape index (κ2) is 6.84. The summed E-state index contributed by atoms with van der Waals surface area (Å²) in [6, 6.07) is 5.96. The molecule has 0 amide bonds. The Hall–Kier alpha value is -1.70. The average Bonchev–Trinajstić information content (AvgIpc) is 2.46. The van der Waals surface area contributed by atoms with E-state index in [-0.39, 0.29) is 10.9 Å². The van der Waals surface area contributed by atoms with Gasteiger partial charge in [-0.3, -0.25) is 0 Å². The number of carbonyl (C=O) groups is 1. The fraction of sp³-hybridized carbons (Fsp3) is 0.357. The van der Waals surface area contributed by atoms with E-state index in [0.29, 0.717) is 31.6 Å². The third-order valence-corrected chi connectivity index (χ3v) is 4.69. The highest BCUT2D eigenvalue weighted by Gasteiger charge is 2.21. The van der Waals surface area contributed by atoms with E-state index in [1.165, 1.54) is 18.2 Å². The van der Waals surface area contributed by atoms with Crippen LogP contribution in [0.4, 0.5) is 0 Å². The van der Waals surface area contributed by atoms with Crippen molar-refractivity contribution in [1.82, 2.24) is 4.72 Å². The molecule has 6 nitrogen and oxygen atoms in total. The Labute approximate surface area is 123 Å². The molecule has 1 fully saturated rings. The van der Waals surface area contributed by atoms with E-state index in [4.69, 9.17) is 9.84 Å². The number of carboxylic acids is 1. The highest BCUT2D eigenvalue weighted by atomic mass is 32.2. The first-order chi connectivity index (χ1) is 9.97. The molecule has 1 heterocycles. The number of aliphatic carboxylic acids is 1. The van der Waals surface area contributed by atoms with Gasteiger partial charge in [0.25, 0.3) is 0 Å². The van der Waals surface area contributed by atoms with E-state index < -0.39 is 16.0 Å². The van der Waals surface area contributed by atoms with Gasteiger partial charge < -0.3 is 9.84 Å². The van der Waals surface area contributed by atoms with Crippen molar-refractivity contribution in [3.05, 3.63) is 35.9 Å². The van der Waals surface area contributed by atoms with Gasteiger partial charge in [-0.1, -0.05) is 12.1 Å². The van der Waals surface area contributed by atoms with Crippen LogP contribution in [0.2, 0.25) is 0 Å². The van der Waals surface area contributed by atoms with E-state index in [0.717, 1.165) is 6.08 Å². The smallest absolute Gasteiger partial charge is 0.328 e. The zero-order valence-corrected chi connectivity index (χ0v) is 12.2. The van der Waals surface area contributed by atoms with Crippen molar-refractivity contribution < 1.29 is 23.1 Å². The number of hydrogen-bond acceptors (Lipinski definition) is 4. The molecule has 1 aromatic carbocycles. The monoisotopic (exact) mass is 311 g/mol. The zero-order chi connectivity index (χ0) is 15.3. The SMILES string of the molecule is O=C(O)/C=C/c1ccc(S(=O)(=O)NC2CCOCC2)cc1. The number of hydrogen-bond donors (Lipinski definition) is 2. The molecule has 0 unspecified atom stereocenters. The van der Waals surface area contributed by atoms with Crippen molar-refractivity contribution in [2.24, 2.45) is 0 Å².